The third kappa shape index (κ3) is 20.4. The number of hydrogen-bond donors (Lipinski definition) is 0. The smallest absolute Gasteiger partial charge is 0.0701 e. The van der Waals surface area contributed by atoms with Gasteiger partial charge in [0.2, 0.25) is 0 Å². The fraction of sp³-hybridized carbons (Fsp3) is 0.875. The number of unbranched alkanes of at least 4 members (excludes halogenated alkanes) is 20. The van der Waals surface area contributed by atoms with Crippen LogP contribution >= 0.6 is 27.3 Å². The molecule has 0 aromatic carbocycles. The van der Waals surface area contributed by atoms with Gasteiger partial charge in [-0.05, 0) is 45.3 Å². The monoisotopic (exact) mass is 554 g/mol. The topological polar surface area (TPSA) is 0 Å². The summed E-state index contributed by atoms with van der Waals surface area (Å²) in [6.07, 6.45) is 36.1. The van der Waals surface area contributed by atoms with Crippen molar-refractivity contribution in [2.75, 3.05) is 0 Å². The molecule has 0 aliphatic rings. The van der Waals surface area contributed by atoms with Gasteiger partial charge in [-0.25, -0.2) is 0 Å². The van der Waals surface area contributed by atoms with Gasteiger partial charge in [0, 0.05) is 0 Å². The zero-order valence-electron chi connectivity index (χ0n) is 23.2. The van der Waals surface area contributed by atoms with E-state index in [1.54, 1.807) is 5.56 Å². The highest BCUT2D eigenvalue weighted by Crippen LogP contribution is 2.27. The quantitative estimate of drug-likeness (QED) is 0.0997. The van der Waals surface area contributed by atoms with Gasteiger partial charge in [-0.2, -0.15) is 0 Å². The Bertz CT molecular complexity index is 523. The first-order valence-corrected chi connectivity index (χ1v) is 17.2. The molecule has 1 aromatic heterocycles. The molecule has 1 aromatic rings. The minimum Gasteiger partial charge on any atom is -0.137 e. The van der Waals surface area contributed by atoms with Crippen molar-refractivity contribution in [3.8, 4) is 0 Å². The zero-order valence-corrected chi connectivity index (χ0v) is 25.6. The largest absolute Gasteiger partial charge is 0.137 e. The predicted molar refractivity (Wildman–Crippen MR) is 161 cm³/mol. The third-order valence-corrected chi connectivity index (χ3v) is 9.13. The van der Waals surface area contributed by atoms with E-state index in [0.29, 0.717) is 0 Å². The molecule has 1 heterocycles. The van der Waals surface area contributed by atoms with Crippen LogP contribution in [-0.4, -0.2) is 0 Å². The standard InChI is InChI=1S/C32H59BrS/c1-3-5-7-9-11-13-15-16-18-20-22-24-26-30(27-31-28-32(33)34-29-31)25-23-21-19-17-14-12-10-8-6-4-2/h28-30H,3-27H2,1-2H3. The maximum absolute atomic E-state index is 3.66. The first-order valence-electron chi connectivity index (χ1n) is 15.5. The highest BCUT2D eigenvalue weighted by molar-refractivity contribution is 9.11. The Labute approximate surface area is 227 Å². The minimum absolute atomic E-state index is 0.902. The van der Waals surface area contributed by atoms with Crippen LogP contribution in [0, 0.1) is 5.92 Å². The lowest BCUT2D eigenvalue weighted by molar-refractivity contribution is 0.400. The predicted octanol–water partition coefficient (Wildman–Crippen LogP) is 13.1. The van der Waals surface area contributed by atoms with Gasteiger partial charge in [0.05, 0.1) is 3.79 Å². The van der Waals surface area contributed by atoms with Crippen LogP contribution in [-0.2, 0) is 6.42 Å². The van der Waals surface area contributed by atoms with Gasteiger partial charge in [-0.15, -0.1) is 11.3 Å². The Morgan fingerprint density at radius 3 is 1.24 bits per heavy atom. The zero-order chi connectivity index (χ0) is 24.5. The second-order valence-electron chi connectivity index (χ2n) is 11.0. The van der Waals surface area contributed by atoms with E-state index in [2.05, 4.69) is 41.2 Å². The average Bonchev–Trinajstić information content (AvgIpc) is 3.25. The van der Waals surface area contributed by atoms with Crippen molar-refractivity contribution in [3.63, 3.8) is 0 Å². The SMILES string of the molecule is CCCCCCCCCCCCCCC(CCCCCCCCCCCC)Cc1csc(Br)c1. The van der Waals surface area contributed by atoms with Crippen LogP contribution in [0.3, 0.4) is 0 Å². The molecule has 0 N–H and O–H groups in total. The average molecular weight is 556 g/mol. The van der Waals surface area contributed by atoms with E-state index < -0.39 is 0 Å². The lowest BCUT2D eigenvalue weighted by Crippen LogP contribution is -2.05. The summed E-state index contributed by atoms with van der Waals surface area (Å²) in [6.45, 7) is 4.61. The van der Waals surface area contributed by atoms with Gasteiger partial charge in [0.1, 0.15) is 0 Å². The molecule has 0 bridgehead atoms. The Morgan fingerprint density at radius 1 is 0.559 bits per heavy atom. The van der Waals surface area contributed by atoms with E-state index >= 15 is 0 Å². The summed E-state index contributed by atoms with van der Waals surface area (Å²) in [4.78, 5) is 0. The lowest BCUT2D eigenvalue weighted by Gasteiger charge is -2.16. The minimum atomic E-state index is 0.902. The summed E-state index contributed by atoms with van der Waals surface area (Å²) in [5.41, 5.74) is 1.56. The molecular formula is C32H59BrS. The molecule has 1 rings (SSSR count). The molecule has 200 valence electrons. The van der Waals surface area contributed by atoms with Crippen molar-refractivity contribution in [3.05, 3.63) is 20.8 Å². The van der Waals surface area contributed by atoms with Crippen LogP contribution in [0.15, 0.2) is 15.2 Å². The van der Waals surface area contributed by atoms with E-state index in [-0.39, 0.29) is 0 Å². The van der Waals surface area contributed by atoms with Crippen LogP contribution in [0.25, 0.3) is 0 Å². The van der Waals surface area contributed by atoms with Crippen LogP contribution in [0.5, 0.6) is 0 Å². The van der Waals surface area contributed by atoms with E-state index in [4.69, 9.17) is 0 Å². The molecule has 1 unspecified atom stereocenters. The van der Waals surface area contributed by atoms with Gasteiger partial charge < -0.3 is 0 Å². The van der Waals surface area contributed by atoms with E-state index in [0.717, 1.165) is 5.92 Å². The van der Waals surface area contributed by atoms with Gasteiger partial charge in [-0.3, -0.25) is 0 Å². The Kier molecular flexibility index (Phi) is 23.5. The van der Waals surface area contributed by atoms with E-state index in [1.807, 2.05) is 11.3 Å². The van der Waals surface area contributed by atoms with Crippen LogP contribution in [0.1, 0.15) is 174 Å². The normalized spacial score (nSPS) is 12.4. The van der Waals surface area contributed by atoms with Crippen molar-refractivity contribution in [1.82, 2.24) is 0 Å². The Morgan fingerprint density at radius 2 is 0.912 bits per heavy atom. The van der Waals surface area contributed by atoms with Crippen LogP contribution < -0.4 is 0 Å². The highest BCUT2D eigenvalue weighted by atomic mass is 79.9. The summed E-state index contributed by atoms with van der Waals surface area (Å²) in [6, 6.07) is 2.36. The van der Waals surface area contributed by atoms with E-state index in [9.17, 15) is 0 Å². The van der Waals surface area contributed by atoms with Gasteiger partial charge in [0.15, 0.2) is 0 Å². The fourth-order valence-electron chi connectivity index (χ4n) is 5.33. The maximum Gasteiger partial charge on any atom is 0.0701 e. The number of thiophene rings is 1. The molecule has 2 heteroatoms. The Balaban J connectivity index is 2.08. The molecule has 0 saturated heterocycles. The van der Waals surface area contributed by atoms with Crippen molar-refractivity contribution >= 4 is 27.3 Å². The second-order valence-corrected chi connectivity index (χ2v) is 13.3. The summed E-state index contributed by atoms with van der Waals surface area (Å²) in [5.74, 6) is 0.902. The molecule has 0 saturated carbocycles. The number of halogens is 1. The van der Waals surface area contributed by atoms with Gasteiger partial charge in [-0.1, -0.05) is 168 Å². The summed E-state index contributed by atoms with van der Waals surface area (Å²) in [7, 11) is 0. The summed E-state index contributed by atoms with van der Waals surface area (Å²) < 4.78 is 1.30. The van der Waals surface area contributed by atoms with Crippen molar-refractivity contribution in [2.24, 2.45) is 5.92 Å². The first kappa shape index (κ1) is 32.2. The molecule has 1 atom stereocenters. The number of hydrogen-bond acceptors (Lipinski definition) is 1. The molecule has 34 heavy (non-hydrogen) atoms. The molecule has 0 amide bonds. The van der Waals surface area contributed by atoms with Crippen molar-refractivity contribution in [2.45, 2.75) is 174 Å². The Hall–Kier alpha value is 0.180. The van der Waals surface area contributed by atoms with Gasteiger partial charge in [0.25, 0.3) is 0 Å². The summed E-state index contributed by atoms with van der Waals surface area (Å²) in [5, 5.41) is 2.37. The fourth-order valence-corrected chi connectivity index (χ4v) is 6.55. The first-order chi connectivity index (χ1) is 16.8. The van der Waals surface area contributed by atoms with Crippen LogP contribution in [0.4, 0.5) is 0 Å². The highest BCUT2D eigenvalue weighted by Gasteiger charge is 2.11. The molecular weight excluding hydrogens is 496 g/mol. The van der Waals surface area contributed by atoms with Gasteiger partial charge >= 0.3 is 0 Å². The second kappa shape index (κ2) is 24.9. The molecule has 0 radical (unpaired) electrons. The van der Waals surface area contributed by atoms with Crippen LogP contribution in [0.2, 0.25) is 0 Å². The molecule has 0 aliphatic carbocycles. The van der Waals surface area contributed by atoms with Crippen molar-refractivity contribution in [1.29, 1.82) is 0 Å². The number of rotatable bonds is 26. The molecule has 0 nitrogen and oxygen atoms in total. The van der Waals surface area contributed by atoms with Crippen molar-refractivity contribution < 1.29 is 0 Å². The lowest BCUT2D eigenvalue weighted by atomic mass is 9.89. The molecule has 0 spiro atoms. The maximum atomic E-state index is 3.66. The van der Waals surface area contributed by atoms with E-state index in [1.165, 1.54) is 164 Å². The summed E-state index contributed by atoms with van der Waals surface area (Å²) >= 11 is 5.52. The third-order valence-electron chi connectivity index (χ3n) is 7.58. The molecule has 0 fully saturated rings. The molecule has 0 aliphatic heterocycles.